The number of nitrogens with zero attached hydrogens (tertiary/aromatic N) is 3. The number of carbonyl (C=O) groups is 1. The highest BCUT2D eigenvalue weighted by atomic mass is 35.5. The standard InChI is InChI=1S/C16H15ClN4O2S2/c1-10-19-13(8-24-10)6-15-20-21-16(23-15)25-9-14(22)18-7-11-2-4-12(17)5-3-11/h2-5,8H,6-7,9H2,1H3,(H,18,22). The molecule has 1 aromatic carbocycles. The molecular weight excluding hydrogens is 380 g/mol. The van der Waals surface area contributed by atoms with E-state index in [0.717, 1.165) is 16.3 Å². The Bertz CT molecular complexity index is 848. The Balaban J connectivity index is 1.43. The molecule has 0 aliphatic heterocycles. The highest BCUT2D eigenvalue weighted by molar-refractivity contribution is 7.99. The lowest BCUT2D eigenvalue weighted by Crippen LogP contribution is -2.24. The molecule has 0 saturated heterocycles. The third-order valence-corrected chi connectivity index (χ3v) is 5.07. The third kappa shape index (κ3) is 5.55. The van der Waals surface area contributed by atoms with E-state index in [9.17, 15) is 4.79 Å². The quantitative estimate of drug-likeness (QED) is 0.618. The van der Waals surface area contributed by atoms with Gasteiger partial charge in [0.15, 0.2) is 0 Å². The fourth-order valence-corrected chi connectivity index (χ4v) is 3.34. The first-order valence-corrected chi connectivity index (χ1v) is 9.70. The molecule has 3 rings (SSSR count). The molecule has 6 nitrogen and oxygen atoms in total. The summed E-state index contributed by atoms with van der Waals surface area (Å²) in [5, 5.41) is 14.8. The zero-order chi connectivity index (χ0) is 17.6. The van der Waals surface area contributed by atoms with Crippen LogP contribution in [-0.4, -0.2) is 26.8 Å². The van der Waals surface area contributed by atoms with Crippen molar-refractivity contribution < 1.29 is 9.21 Å². The van der Waals surface area contributed by atoms with E-state index in [1.165, 1.54) is 11.8 Å². The molecule has 25 heavy (non-hydrogen) atoms. The molecular formula is C16H15ClN4O2S2. The molecule has 0 saturated carbocycles. The Morgan fingerprint density at radius 1 is 1.32 bits per heavy atom. The van der Waals surface area contributed by atoms with Gasteiger partial charge in [0.25, 0.3) is 5.22 Å². The highest BCUT2D eigenvalue weighted by Gasteiger charge is 2.11. The summed E-state index contributed by atoms with van der Waals surface area (Å²) in [4.78, 5) is 16.3. The zero-order valence-electron chi connectivity index (χ0n) is 13.4. The first-order valence-electron chi connectivity index (χ1n) is 7.46. The summed E-state index contributed by atoms with van der Waals surface area (Å²) in [6.07, 6.45) is 0.501. The van der Waals surface area contributed by atoms with Crippen molar-refractivity contribution in [3.8, 4) is 0 Å². The van der Waals surface area contributed by atoms with Crippen LogP contribution in [0.1, 0.15) is 22.2 Å². The van der Waals surface area contributed by atoms with E-state index >= 15 is 0 Å². The second-order valence-electron chi connectivity index (χ2n) is 5.19. The molecule has 0 atom stereocenters. The van der Waals surface area contributed by atoms with Gasteiger partial charge in [-0.2, -0.15) is 0 Å². The van der Waals surface area contributed by atoms with E-state index in [1.807, 2.05) is 24.4 Å². The van der Waals surface area contributed by atoms with Crippen molar-refractivity contribution in [2.75, 3.05) is 5.75 Å². The van der Waals surface area contributed by atoms with Crippen LogP contribution in [0.3, 0.4) is 0 Å². The largest absolute Gasteiger partial charge is 0.416 e. The molecule has 130 valence electrons. The number of nitrogens with one attached hydrogen (secondary N) is 1. The number of rotatable bonds is 7. The van der Waals surface area contributed by atoms with Crippen molar-refractivity contribution in [1.29, 1.82) is 0 Å². The van der Waals surface area contributed by atoms with E-state index < -0.39 is 0 Å². The molecule has 0 aliphatic rings. The van der Waals surface area contributed by atoms with Gasteiger partial charge >= 0.3 is 0 Å². The monoisotopic (exact) mass is 394 g/mol. The maximum Gasteiger partial charge on any atom is 0.277 e. The van der Waals surface area contributed by atoms with Crippen molar-refractivity contribution in [3.05, 3.63) is 56.8 Å². The zero-order valence-corrected chi connectivity index (χ0v) is 15.7. The molecule has 0 aliphatic carbocycles. The molecule has 0 radical (unpaired) electrons. The average Bonchev–Trinajstić information content (AvgIpc) is 3.21. The van der Waals surface area contributed by atoms with Crippen LogP contribution in [0.15, 0.2) is 39.3 Å². The normalized spacial score (nSPS) is 10.8. The second-order valence-corrected chi connectivity index (χ2v) is 7.61. The predicted molar refractivity (Wildman–Crippen MR) is 98.0 cm³/mol. The molecule has 0 bridgehead atoms. The maximum absolute atomic E-state index is 11.9. The van der Waals surface area contributed by atoms with E-state index in [1.54, 1.807) is 23.5 Å². The number of benzene rings is 1. The number of aryl methyl sites for hydroxylation is 1. The van der Waals surface area contributed by atoms with Gasteiger partial charge in [-0.05, 0) is 24.6 Å². The van der Waals surface area contributed by atoms with E-state index in [0.29, 0.717) is 29.1 Å². The highest BCUT2D eigenvalue weighted by Crippen LogP contribution is 2.18. The SMILES string of the molecule is Cc1nc(Cc2nnc(SCC(=O)NCc3ccc(Cl)cc3)o2)cs1. The number of aromatic nitrogens is 3. The summed E-state index contributed by atoms with van der Waals surface area (Å²) in [7, 11) is 0. The fraction of sp³-hybridized carbons (Fsp3) is 0.250. The van der Waals surface area contributed by atoms with E-state index in [-0.39, 0.29) is 11.7 Å². The van der Waals surface area contributed by atoms with Gasteiger partial charge in [0, 0.05) is 16.9 Å². The number of halogens is 1. The van der Waals surface area contributed by atoms with Gasteiger partial charge in [-0.25, -0.2) is 4.98 Å². The number of thiazole rings is 1. The Labute approximate surface area is 158 Å². The molecule has 1 amide bonds. The number of thioether (sulfide) groups is 1. The summed E-state index contributed by atoms with van der Waals surface area (Å²) in [6, 6.07) is 7.34. The van der Waals surface area contributed by atoms with Crippen LogP contribution in [-0.2, 0) is 17.8 Å². The summed E-state index contributed by atoms with van der Waals surface area (Å²) in [5.74, 6) is 0.606. The molecule has 0 fully saturated rings. The first-order chi connectivity index (χ1) is 12.1. The minimum absolute atomic E-state index is 0.102. The Kier molecular flexibility index (Phi) is 6.06. The molecule has 1 N–H and O–H groups in total. The van der Waals surface area contributed by atoms with Crippen molar-refractivity contribution in [3.63, 3.8) is 0 Å². The summed E-state index contributed by atoms with van der Waals surface area (Å²) < 4.78 is 5.53. The van der Waals surface area contributed by atoms with Crippen LogP contribution in [0.25, 0.3) is 0 Å². The van der Waals surface area contributed by atoms with Gasteiger partial charge in [-0.3, -0.25) is 4.79 Å². The van der Waals surface area contributed by atoms with Crippen LogP contribution < -0.4 is 5.32 Å². The van der Waals surface area contributed by atoms with Gasteiger partial charge in [-0.1, -0.05) is 35.5 Å². The summed E-state index contributed by atoms with van der Waals surface area (Å²) in [6.45, 7) is 2.40. The predicted octanol–water partition coefficient (Wildman–Crippen LogP) is 3.49. The topological polar surface area (TPSA) is 80.9 Å². The van der Waals surface area contributed by atoms with Crippen molar-refractivity contribution in [1.82, 2.24) is 20.5 Å². The molecule has 2 heterocycles. The van der Waals surface area contributed by atoms with Crippen LogP contribution in [0.4, 0.5) is 0 Å². The molecule has 9 heteroatoms. The lowest BCUT2D eigenvalue weighted by molar-refractivity contribution is -0.118. The van der Waals surface area contributed by atoms with Gasteiger partial charge in [0.1, 0.15) is 0 Å². The van der Waals surface area contributed by atoms with Crippen LogP contribution in [0.2, 0.25) is 5.02 Å². The number of hydrogen-bond acceptors (Lipinski definition) is 7. The number of amides is 1. The second kappa shape index (κ2) is 8.46. The van der Waals surface area contributed by atoms with Gasteiger partial charge in [0.2, 0.25) is 11.8 Å². The molecule has 3 aromatic rings. The lowest BCUT2D eigenvalue weighted by Gasteiger charge is -2.04. The minimum Gasteiger partial charge on any atom is -0.416 e. The van der Waals surface area contributed by atoms with Crippen LogP contribution >= 0.6 is 34.7 Å². The maximum atomic E-state index is 11.9. The Morgan fingerprint density at radius 3 is 2.84 bits per heavy atom. The summed E-state index contributed by atoms with van der Waals surface area (Å²) in [5.41, 5.74) is 1.89. The van der Waals surface area contributed by atoms with E-state index in [2.05, 4.69) is 20.5 Å². The van der Waals surface area contributed by atoms with E-state index in [4.69, 9.17) is 16.0 Å². The fourth-order valence-electron chi connectivity index (χ4n) is 1.99. The average molecular weight is 395 g/mol. The molecule has 2 aromatic heterocycles. The van der Waals surface area contributed by atoms with Crippen LogP contribution in [0.5, 0.6) is 0 Å². The van der Waals surface area contributed by atoms with Crippen molar-refractivity contribution in [2.45, 2.75) is 25.1 Å². The van der Waals surface area contributed by atoms with Crippen molar-refractivity contribution in [2.24, 2.45) is 0 Å². The molecule has 0 unspecified atom stereocenters. The lowest BCUT2D eigenvalue weighted by atomic mass is 10.2. The minimum atomic E-state index is -0.102. The van der Waals surface area contributed by atoms with Gasteiger partial charge < -0.3 is 9.73 Å². The third-order valence-electron chi connectivity index (χ3n) is 3.18. The summed E-state index contributed by atoms with van der Waals surface area (Å²) >= 11 is 8.62. The van der Waals surface area contributed by atoms with Crippen molar-refractivity contribution >= 4 is 40.6 Å². The first kappa shape index (κ1) is 17.9. The smallest absolute Gasteiger partial charge is 0.277 e. The Morgan fingerprint density at radius 2 is 2.12 bits per heavy atom. The van der Waals surface area contributed by atoms with Gasteiger partial charge in [0.05, 0.1) is 22.9 Å². The Hall–Kier alpha value is -1.90. The van der Waals surface area contributed by atoms with Gasteiger partial charge in [-0.15, -0.1) is 21.5 Å². The number of carbonyl (C=O) groups excluding carboxylic acids is 1. The van der Waals surface area contributed by atoms with Crippen LogP contribution in [0, 0.1) is 6.92 Å². The molecule has 0 spiro atoms. The number of hydrogen-bond donors (Lipinski definition) is 1.